The molecular weight excluding hydrogens is 474 g/mol. The van der Waals surface area contributed by atoms with E-state index < -0.39 is 32.5 Å². The van der Waals surface area contributed by atoms with Crippen LogP contribution >= 0.6 is 0 Å². The zero-order chi connectivity index (χ0) is 24.5. The normalized spacial score (nSPS) is 15.4. The van der Waals surface area contributed by atoms with Crippen molar-refractivity contribution in [1.29, 1.82) is 0 Å². The molecule has 1 aromatic heterocycles. The SMILES string of the molecule is CN1CCN(c2ccc(-c3cccc(NS(=O)(=O)c4ccc(C(F)(F)F)c(F)c4)c3)nn2)CC1. The number of hydrogen-bond donors (Lipinski definition) is 1. The quantitative estimate of drug-likeness (QED) is 0.542. The van der Waals surface area contributed by atoms with Crippen LogP contribution < -0.4 is 9.62 Å². The van der Waals surface area contributed by atoms with Gasteiger partial charge in [-0.2, -0.15) is 13.2 Å². The lowest BCUT2D eigenvalue weighted by molar-refractivity contribution is -0.140. The van der Waals surface area contributed by atoms with Crippen molar-refractivity contribution in [2.75, 3.05) is 42.8 Å². The first kappa shape index (κ1) is 23.9. The van der Waals surface area contributed by atoms with Gasteiger partial charge in [-0.3, -0.25) is 4.72 Å². The second kappa shape index (κ2) is 9.18. The summed E-state index contributed by atoms with van der Waals surface area (Å²) in [5.41, 5.74) is -0.300. The molecule has 3 aromatic rings. The molecule has 1 aliphatic rings. The summed E-state index contributed by atoms with van der Waals surface area (Å²) in [7, 11) is -2.27. The second-order valence-electron chi connectivity index (χ2n) is 7.89. The number of rotatable bonds is 5. The molecule has 1 N–H and O–H groups in total. The molecule has 0 unspecified atom stereocenters. The van der Waals surface area contributed by atoms with Crippen molar-refractivity contribution in [2.45, 2.75) is 11.1 Å². The molecule has 0 amide bonds. The van der Waals surface area contributed by atoms with E-state index >= 15 is 0 Å². The third kappa shape index (κ3) is 5.28. The molecule has 0 atom stereocenters. The van der Waals surface area contributed by atoms with Crippen LogP contribution in [0.3, 0.4) is 0 Å². The third-order valence-electron chi connectivity index (χ3n) is 5.44. The minimum absolute atomic E-state index is 0.141. The van der Waals surface area contributed by atoms with Gasteiger partial charge in [-0.1, -0.05) is 12.1 Å². The molecule has 0 saturated carbocycles. The Balaban J connectivity index is 1.52. The lowest BCUT2D eigenvalue weighted by Gasteiger charge is -2.32. The first-order chi connectivity index (χ1) is 16.0. The van der Waals surface area contributed by atoms with Gasteiger partial charge in [0, 0.05) is 37.4 Å². The number of nitrogens with zero attached hydrogens (tertiary/aromatic N) is 4. The Kier molecular flexibility index (Phi) is 6.45. The van der Waals surface area contributed by atoms with E-state index in [4.69, 9.17) is 0 Å². The summed E-state index contributed by atoms with van der Waals surface area (Å²) in [6.07, 6.45) is -4.92. The fourth-order valence-corrected chi connectivity index (χ4v) is 4.59. The Morgan fingerprint density at radius 3 is 2.29 bits per heavy atom. The molecule has 4 rings (SSSR count). The molecule has 0 bridgehead atoms. The third-order valence-corrected chi connectivity index (χ3v) is 6.82. The van der Waals surface area contributed by atoms with Crippen LogP contribution in [0, 0.1) is 5.82 Å². The van der Waals surface area contributed by atoms with Crippen molar-refractivity contribution in [1.82, 2.24) is 15.1 Å². The van der Waals surface area contributed by atoms with Crippen molar-refractivity contribution < 1.29 is 26.0 Å². The molecule has 7 nitrogen and oxygen atoms in total. The fourth-order valence-electron chi connectivity index (χ4n) is 3.53. The van der Waals surface area contributed by atoms with E-state index in [-0.39, 0.29) is 5.69 Å². The van der Waals surface area contributed by atoms with Crippen molar-refractivity contribution >= 4 is 21.5 Å². The van der Waals surface area contributed by atoms with Gasteiger partial charge in [-0.15, -0.1) is 10.2 Å². The van der Waals surface area contributed by atoms with Crippen LogP contribution in [0.2, 0.25) is 0 Å². The standard InChI is InChI=1S/C22H21F4N5O2S/c1-30-9-11-31(12-10-30)21-8-7-20(27-28-21)15-3-2-4-16(13-15)29-34(32,33)17-5-6-18(19(23)14-17)22(24,25)26/h2-8,13-14,29H,9-12H2,1H3. The van der Waals surface area contributed by atoms with E-state index in [0.717, 1.165) is 32.0 Å². The monoisotopic (exact) mass is 495 g/mol. The first-order valence-electron chi connectivity index (χ1n) is 10.3. The number of alkyl halides is 3. The Labute approximate surface area is 194 Å². The Bertz CT molecular complexity index is 1280. The highest BCUT2D eigenvalue weighted by molar-refractivity contribution is 7.92. The van der Waals surface area contributed by atoms with Gasteiger partial charge in [0.25, 0.3) is 10.0 Å². The molecule has 0 radical (unpaired) electrons. The Morgan fingerprint density at radius 1 is 0.941 bits per heavy atom. The number of halogens is 4. The highest BCUT2D eigenvalue weighted by atomic mass is 32.2. The maximum Gasteiger partial charge on any atom is 0.419 e. The summed E-state index contributed by atoms with van der Waals surface area (Å²) < 4.78 is 79.6. The Morgan fingerprint density at radius 2 is 1.68 bits per heavy atom. The van der Waals surface area contributed by atoms with Crippen LogP contribution in [0.4, 0.5) is 29.1 Å². The van der Waals surface area contributed by atoms with Gasteiger partial charge >= 0.3 is 6.18 Å². The van der Waals surface area contributed by atoms with Gasteiger partial charge in [0.15, 0.2) is 5.82 Å². The number of hydrogen-bond acceptors (Lipinski definition) is 6. The summed E-state index contributed by atoms with van der Waals surface area (Å²) >= 11 is 0. The van der Waals surface area contributed by atoms with E-state index in [9.17, 15) is 26.0 Å². The summed E-state index contributed by atoms with van der Waals surface area (Å²) in [4.78, 5) is 3.73. The van der Waals surface area contributed by atoms with Crippen molar-refractivity contribution in [2.24, 2.45) is 0 Å². The molecule has 12 heteroatoms. The number of sulfonamides is 1. The molecule has 2 heterocycles. The van der Waals surface area contributed by atoms with Gasteiger partial charge in [0.1, 0.15) is 5.82 Å². The molecule has 1 aliphatic heterocycles. The van der Waals surface area contributed by atoms with Crippen molar-refractivity contribution in [3.63, 3.8) is 0 Å². The maximum atomic E-state index is 13.9. The van der Waals surface area contributed by atoms with Gasteiger partial charge in [-0.05, 0) is 49.5 Å². The summed E-state index contributed by atoms with van der Waals surface area (Å²) in [6, 6.07) is 11.4. The number of piperazine rings is 1. The number of anilines is 2. The molecule has 0 aliphatic carbocycles. The van der Waals surface area contributed by atoms with Gasteiger partial charge < -0.3 is 9.80 Å². The van der Waals surface area contributed by atoms with E-state index in [1.165, 1.54) is 12.1 Å². The van der Waals surface area contributed by atoms with E-state index in [1.54, 1.807) is 18.2 Å². The van der Waals surface area contributed by atoms with Crippen LogP contribution in [0.5, 0.6) is 0 Å². The first-order valence-corrected chi connectivity index (χ1v) is 11.8. The van der Waals surface area contributed by atoms with Crippen LogP contribution in [-0.4, -0.2) is 56.7 Å². The van der Waals surface area contributed by atoms with E-state index in [0.29, 0.717) is 29.5 Å². The number of benzene rings is 2. The topological polar surface area (TPSA) is 78.4 Å². The zero-order valence-corrected chi connectivity index (χ0v) is 18.9. The summed E-state index contributed by atoms with van der Waals surface area (Å²) in [6.45, 7) is 3.53. The van der Waals surface area contributed by atoms with Gasteiger partial charge in [0.05, 0.1) is 16.2 Å². The minimum Gasteiger partial charge on any atom is -0.353 e. The molecule has 1 fully saturated rings. The smallest absolute Gasteiger partial charge is 0.353 e. The predicted molar refractivity (Wildman–Crippen MR) is 119 cm³/mol. The number of aromatic nitrogens is 2. The fraction of sp³-hybridized carbons (Fsp3) is 0.273. The average Bonchev–Trinajstić information content (AvgIpc) is 2.79. The summed E-state index contributed by atoms with van der Waals surface area (Å²) in [5, 5.41) is 8.52. The van der Waals surface area contributed by atoms with E-state index in [2.05, 4.69) is 31.8 Å². The highest BCUT2D eigenvalue weighted by Gasteiger charge is 2.34. The highest BCUT2D eigenvalue weighted by Crippen LogP contribution is 2.32. The lowest BCUT2D eigenvalue weighted by Crippen LogP contribution is -2.44. The van der Waals surface area contributed by atoms with Gasteiger partial charge in [0.2, 0.25) is 0 Å². The maximum absolute atomic E-state index is 13.9. The molecule has 180 valence electrons. The zero-order valence-electron chi connectivity index (χ0n) is 18.1. The van der Waals surface area contributed by atoms with Gasteiger partial charge in [-0.25, -0.2) is 12.8 Å². The van der Waals surface area contributed by atoms with Crippen molar-refractivity contribution in [3.05, 3.63) is 66.0 Å². The molecule has 2 aromatic carbocycles. The predicted octanol–water partition coefficient (Wildman–Crippen LogP) is 3.85. The molecule has 1 saturated heterocycles. The summed E-state index contributed by atoms with van der Waals surface area (Å²) in [5.74, 6) is -0.919. The largest absolute Gasteiger partial charge is 0.419 e. The van der Waals surface area contributed by atoms with Crippen LogP contribution in [-0.2, 0) is 16.2 Å². The number of likely N-dealkylation sites (N-methyl/N-ethyl adjacent to an activating group) is 1. The molecular formula is C22H21F4N5O2S. The average molecular weight is 496 g/mol. The Hall–Kier alpha value is -3.25. The van der Waals surface area contributed by atoms with Crippen LogP contribution in [0.1, 0.15) is 5.56 Å². The second-order valence-corrected chi connectivity index (χ2v) is 9.58. The van der Waals surface area contributed by atoms with Crippen LogP contribution in [0.25, 0.3) is 11.3 Å². The molecule has 0 spiro atoms. The minimum atomic E-state index is -4.92. The van der Waals surface area contributed by atoms with Crippen LogP contribution in [0.15, 0.2) is 59.5 Å². The lowest BCUT2D eigenvalue weighted by atomic mass is 10.1. The molecule has 34 heavy (non-hydrogen) atoms. The van der Waals surface area contributed by atoms with Crippen molar-refractivity contribution in [3.8, 4) is 11.3 Å². The number of nitrogens with one attached hydrogen (secondary N) is 1. The van der Waals surface area contributed by atoms with E-state index in [1.807, 2.05) is 6.07 Å².